The SMILES string of the molecule is CC(C)OCCNC(=O)CC1C(=O)NCCN1Cc1ccc(-c2ccccc2)cc1. The highest BCUT2D eigenvalue weighted by Gasteiger charge is 2.31. The highest BCUT2D eigenvalue weighted by Crippen LogP contribution is 2.21. The van der Waals surface area contributed by atoms with Crippen molar-refractivity contribution in [3.8, 4) is 11.1 Å². The van der Waals surface area contributed by atoms with Crippen LogP contribution in [0.4, 0.5) is 0 Å². The van der Waals surface area contributed by atoms with Gasteiger partial charge in [-0.1, -0.05) is 54.6 Å². The van der Waals surface area contributed by atoms with E-state index in [0.29, 0.717) is 26.2 Å². The summed E-state index contributed by atoms with van der Waals surface area (Å²) in [6.45, 7) is 6.79. The molecule has 0 aliphatic carbocycles. The maximum Gasteiger partial charge on any atom is 0.237 e. The molecule has 160 valence electrons. The minimum atomic E-state index is -0.460. The number of rotatable bonds is 9. The van der Waals surface area contributed by atoms with E-state index in [-0.39, 0.29) is 24.3 Å². The number of benzene rings is 2. The van der Waals surface area contributed by atoms with Crippen molar-refractivity contribution in [2.75, 3.05) is 26.2 Å². The van der Waals surface area contributed by atoms with Gasteiger partial charge < -0.3 is 15.4 Å². The van der Waals surface area contributed by atoms with Crippen LogP contribution in [0.3, 0.4) is 0 Å². The predicted octanol–water partition coefficient (Wildman–Crippen LogP) is 2.59. The lowest BCUT2D eigenvalue weighted by atomic mass is 10.0. The molecule has 1 aliphatic heterocycles. The van der Waals surface area contributed by atoms with Gasteiger partial charge in [-0.05, 0) is 30.5 Å². The van der Waals surface area contributed by atoms with Crippen LogP contribution in [0.15, 0.2) is 54.6 Å². The monoisotopic (exact) mass is 409 g/mol. The Morgan fingerprint density at radius 2 is 1.83 bits per heavy atom. The zero-order valence-corrected chi connectivity index (χ0v) is 17.8. The standard InChI is InChI=1S/C24H31N3O3/c1-18(2)30-15-13-25-23(28)16-22-24(29)26-12-14-27(22)17-19-8-10-21(11-9-19)20-6-4-3-5-7-20/h3-11,18,22H,12-17H2,1-2H3,(H,25,28)(H,26,29). The number of nitrogens with zero attached hydrogens (tertiary/aromatic N) is 1. The second-order valence-corrected chi connectivity index (χ2v) is 7.81. The molecule has 1 atom stereocenters. The molecule has 0 spiro atoms. The summed E-state index contributed by atoms with van der Waals surface area (Å²) in [7, 11) is 0. The molecular weight excluding hydrogens is 378 g/mol. The molecule has 6 heteroatoms. The zero-order valence-electron chi connectivity index (χ0n) is 17.8. The Hall–Kier alpha value is -2.70. The van der Waals surface area contributed by atoms with Crippen LogP contribution in [-0.4, -0.2) is 55.1 Å². The van der Waals surface area contributed by atoms with Gasteiger partial charge in [0.1, 0.15) is 0 Å². The second-order valence-electron chi connectivity index (χ2n) is 7.81. The van der Waals surface area contributed by atoms with E-state index in [9.17, 15) is 9.59 Å². The average molecular weight is 410 g/mol. The largest absolute Gasteiger partial charge is 0.377 e. The van der Waals surface area contributed by atoms with Crippen LogP contribution in [0, 0.1) is 0 Å². The molecule has 1 fully saturated rings. The van der Waals surface area contributed by atoms with Gasteiger partial charge >= 0.3 is 0 Å². The van der Waals surface area contributed by atoms with E-state index in [2.05, 4.69) is 51.9 Å². The van der Waals surface area contributed by atoms with Crippen LogP contribution in [0.1, 0.15) is 25.8 Å². The van der Waals surface area contributed by atoms with Gasteiger partial charge in [-0.15, -0.1) is 0 Å². The summed E-state index contributed by atoms with van der Waals surface area (Å²) in [6.07, 6.45) is 0.282. The molecule has 1 saturated heterocycles. The van der Waals surface area contributed by atoms with E-state index < -0.39 is 6.04 Å². The Morgan fingerprint density at radius 1 is 1.13 bits per heavy atom. The van der Waals surface area contributed by atoms with Crippen molar-refractivity contribution >= 4 is 11.8 Å². The Morgan fingerprint density at radius 3 is 2.53 bits per heavy atom. The zero-order chi connectivity index (χ0) is 21.3. The summed E-state index contributed by atoms with van der Waals surface area (Å²) in [5.41, 5.74) is 3.47. The fourth-order valence-corrected chi connectivity index (χ4v) is 3.57. The van der Waals surface area contributed by atoms with Crippen molar-refractivity contribution in [3.63, 3.8) is 0 Å². The third-order valence-corrected chi connectivity index (χ3v) is 5.14. The fourth-order valence-electron chi connectivity index (χ4n) is 3.57. The summed E-state index contributed by atoms with van der Waals surface area (Å²) >= 11 is 0. The number of hydrogen-bond acceptors (Lipinski definition) is 4. The summed E-state index contributed by atoms with van der Waals surface area (Å²) in [6, 6.07) is 18.2. The van der Waals surface area contributed by atoms with E-state index in [4.69, 9.17) is 4.74 Å². The lowest BCUT2D eigenvalue weighted by Gasteiger charge is -2.34. The number of carbonyl (C=O) groups is 2. The number of hydrogen-bond donors (Lipinski definition) is 2. The predicted molar refractivity (Wildman–Crippen MR) is 118 cm³/mol. The van der Waals surface area contributed by atoms with Crippen LogP contribution in [0.25, 0.3) is 11.1 Å². The van der Waals surface area contributed by atoms with E-state index >= 15 is 0 Å². The molecule has 1 heterocycles. The minimum absolute atomic E-state index is 0.0873. The van der Waals surface area contributed by atoms with Crippen LogP contribution < -0.4 is 10.6 Å². The van der Waals surface area contributed by atoms with Crippen LogP contribution >= 0.6 is 0 Å². The molecular formula is C24H31N3O3. The third kappa shape index (κ3) is 6.40. The van der Waals surface area contributed by atoms with Gasteiger partial charge in [-0.25, -0.2) is 0 Å². The molecule has 2 aromatic carbocycles. The average Bonchev–Trinajstić information content (AvgIpc) is 2.75. The molecule has 2 amide bonds. The molecule has 0 aromatic heterocycles. The second kappa shape index (κ2) is 10.9. The van der Waals surface area contributed by atoms with Gasteiger partial charge in [-0.3, -0.25) is 14.5 Å². The Bertz CT molecular complexity index is 821. The highest BCUT2D eigenvalue weighted by atomic mass is 16.5. The van der Waals surface area contributed by atoms with Crippen molar-refractivity contribution in [1.82, 2.24) is 15.5 Å². The Balaban J connectivity index is 1.58. The smallest absolute Gasteiger partial charge is 0.237 e. The molecule has 2 N–H and O–H groups in total. The normalized spacial score (nSPS) is 17.0. The summed E-state index contributed by atoms with van der Waals surface area (Å²) in [5, 5.41) is 5.73. The number of piperazine rings is 1. The maximum atomic E-state index is 12.4. The van der Waals surface area contributed by atoms with Gasteiger partial charge in [0.25, 0.3) is 0 Å². The molecule has 3 rings (SSSR count). The maximum absolute atomic E-state index is 12.4. The highest BCUT2D eigenvalue weighted by molar-refractivity contribution is 5.88. The molecule has 1 unspecified atom stereocenters. The van der Waals surface area contributed by atoms with Crippen molar-refractivity contribution in [3.05, 3.63) is 60.2 Å². The topological polar surface area (TPSA) is 70.7 Å². The lowest BCUT2D eigenvalue weighted by molar-refractivity contribution is -0.134. The van der Waals surface area contributed by atoms with E-state index in [1.54, 1.807) is 0 Å². The molecule has 0 radical (unpaired) electrons. The first kappa shape index (κ1) is 22.0. The van der Waals surface area contributed by atoms with Gasteiger partial charge in [0.05, 0.1) is 25.2 Å². The van der Waals surface area contributed by atoms with Crippen molar-refractivity contribution in [2.24, 2.45) is 0 Å². The lowest BCUT2D eigenvalue weighted by Crippen LogP contribution is -2.56. The number of ether oxygens (including phenoxy) is 1. The van der Waals surface area contributed by atoms with E-state index in [1.807, 2.05) is 32.0 Å². The molecule has 1 aliphatic rings. The first-order valence-corrected chi connectivity index (χ1v) is 10.6. The third-order valence-electron chi connectivity index (χ3n) is 5.14. The molecule has 0 saturated carbocycles. The first-order valence-electron chi connectivity index (χ1n) is 10.6. The van der Waals surface area contributed by atoms with Crippen molar-refractivity contribution in [2.45, 2.75) is 39.0 Å². The number of amides is 2. The first-order chi connectivity index (χ1) is 14.5. The number of carbonyl (C=O) groups excluding carboxylic acids is 2. The quantitative estimate of drug-likeness (QED) is 0.625. The summed E-state index contributed by atoms with van der Waals surface area (Å²) in [4.78, 5) is 26.8. The summed E-state index contributed by atoms with van der Waals surface area (Å²) in [5.74, 6) is -0.218. The molecule has 6 nitrogen and oxygen atoms in total. The van der Waals surface area contributed by atoms with Crippen molar-refractivity contribution in [1.29, 1.82) is 0 Å². The van der Waals surface area contributed by atoms with Gasteiger partial charge in [0.2, 0.25) is 11.8 Å². The van der Waals surface area contributed by atoms with Crippen LogP contribution in [0.5, 0.6) is 0 Å². The Labute approximate surface area is 178 Å². The molecule has 0 bridgehead atoms. The molecule has 30 heavy (non-hydrogen) atoms. The Kier molecular flexibility index (Phi) is 7.99. The minimum Gasteiger partial charge on any atom is -0.377 e. The van der Waals surface area contributed by atoms with Gasteiger partial charge in [0, 0.05) is 26.2 Å². The van der Waals surface area contributed by atoms with Crippen molar-refractivity contribution < 1.29 is 14.3 Å². The van der Waals surface area contributed by atoms with Crippen LogP contribution in [0.2, 0.25) is 0 Å². The van der Waals surface area contributed by atoms with Crippen LogP contribution in [-0.2, 0) is 20.9 Å². The van der Waals surface area contributed by atoms with Gasteiger partial charge in [0.15, 0.2) is 0 Å². The molecule has 2 aromatic rings. The van der Waals surface area contributed by atoms with E-state index in [1.165, 1.54) is 5.56 Å². The number of nitrogens with one attached hydrogen (secondary N) is 2. The van der Waals surface area contributed by atoms with E-state index in [0.717, 1.165) is 17.7 Å². The van der Waals surface area contributed by atoms with Gasteiger partial charge in [-0.2, -0.15) is 0 Å². The summed E-state index contributed by atoms with van der Waals surface area (Å²) < 4.78 is 5.44. The fraction of sp³-hybridized carbons (Fsp3) is 0.417.